The molecule has 1 aliphatic heterocycles. The summed E-state index contributed by atoms with van der Waals surface area (Å²) in [5.74, 6) is 0.643. The average molecular weight is 276 g/mol. The molecule has 20 heavy (non-hydrogen) atoms. The fourth-order valence-corrected chi connectivity index (χ4v) is 2.02. The summed E-state index contributed by atoms with van der Waals surface area (Å²) in [7, 11) is 0. The van der Waals surface area contributed by atoms with Gasteiger partial charge in [0, 0.05) is 12.5 Å². The van der Waals surface area contributed by atoms with E-state index in [9.17, 15) is 4.79 Å². The molecule has 1 aromatic carbocycles. The first-order chi connectivity index (χ1) is 9.66. The SMILES string of the molecule is CC(N)C(=O)NCC(Cc1ccccc1)C1=COCO1. The number of nitrogens with one attached hydrogen (secondary N) is 1. The Morgan fingerprint density at radius 1 is 1.40 bits per heavy atom. The van der Waals surface area contributed by atoms with Crippen LogP contribution in [-0.2, 0) is 20.7 Å². The van der Waals surface area contributed by atoms with Crippen LogP contribution in [0, 0.1) is 5.92 Å². The van der Waals surface area contributed by atoms with Crippen LogP contribution in [0.5, 0.6) is 0 Å². The highest BCUT2D eigenvalue weighted by atomic mass is 16.7. The van der Waals surface area contributed by atoms with E-state index in [1.165, 1.54) is 5.56 Å². The van der Waals surface area contributed by atoms with Crippen molar-refractivity contribution in [2.45, 2.75) is 19.4 Å². The zero-order valence-electron chi connectivity index (χ0n) is 11.5. The molecule has 2 unspecified atom stereocenters. The van der Waals surface area contributed by atoms with Gasteiger partial charge in [-0.3, -0.25) is 4.79 Å². The van der Waals surface area contributed by atoms with Crippen molar-refractivity contribution in [3.8, 4) is 0 Å². The van der Waals surface area contributed by atoms with Gasteiger partial charge in [-0.05, 0) is 18.9 Å². The van der Waals surface area contributed by atoms with Crippen LogP contribution in [0.1, 0.15) is 12.5 Å². The Morgan fingerprint density at radius 3 is 2.75 bits per heavy atom. The molecule has 2 rings (SSSR count). The van der Waals surface area contributed by atoms with Gasteiger partial charge < -0.3 is 20.5 Å². The minimum absolute atomic E-state index is 0.0441. The predicted octanol–water partition coefficient (Wildman–Crippen LogP) is 1.15. The van der Waals surface area contributed by atoms with Crippen molar-refractivity contribution in [2.75, 3.05) is 13.3 Å². The molecule has 2 atom stereocenters. The molecule has 0 fully saturated rings. The molecule has 0 aliphatic carbocycles. The molecular formula is C15H20N2O3. The van der Waals surface area contributed by atoms with E-state index in [0.717, 1.165) is 12.2 Å². The van der Waals surface area contributed by atoms with Gasteiger partial charge >= 0.3 is 0 Å². The van der Waals surface area contributed by atoms with Crippen LogP contribution >= 0.6 is 0 Å². The number of ether oxygens (including phenoxy) is 2. The topological polar surface area (TPSA) is 73.6 Å². The molecule has 0 spiro atoms. The lowest BCUT2D eigenvalue weighted by Gasteiger charge is -2.18. The number of amides is 1. The van der Waals surface area contributed by atoms with Gasteiger partial charge in [-0.2, -0.15) is 0 Å². The number of rotatable bonds is 6. The van der Waals surface area contributed by atoms with Crippen molar-refractivity contribution in [1.29, 1.82) is 0 Å². The molecule has 0 radical (unpaired) electrons. The molecule has 5 nitrogen and oxygen atoms in total. The molecule has 108 valence electrons. The zero-order valence-corrected chi connectivity index (χ0v) is 11.5. The van der Waals surface area contributed by atoms with E-state index in [1.807, 2.05) is 18.2 Å². The Labute approximate surface area is 118 Å². The lowest BCUT2D eigenvalue weighted by Crippen LogP contribution is -2.41. The fourth-order valence-electron chi connectivity index (χ4n) is 2.02. The lowest BCUT2D eigenvalue weighted by molar-refractivity contribution is -0.122. The van der Waals surface area contributed by atoms with Crippen LogP contribution in [0.4, 0.5) is 0 Å². The molecule has 1 heterocycles. The standard InChI is InChI=1S/C15H20N2O3/c1-11(16)15(18)17-8-13(14-9-19-10-20-14)7-12-5-3-2-4-6-12/h2-6,9,11,13H,7-8,10,16H2,1H3,(H,17,18). The minimum Gasteiger partial charge on any atom is -0.462 e. The minimum atomic E-state index is -0.512. The largest absolute Gasteiger partial charge is 0.462 e. The highest BCUT2D eigenvalue weighted by molar-refractivity contribution is 5.80. The first-order valence-corrected chi connectivity index (χ1v) is 6.68. The maximum atomic E-state index is 11.6. The van der Waals surface area contributed by atoms with E-state index in [2.05, 4.69) is 17.4 Å². The normalized spacial score (nSPS) is 16.6. The summed E-state index contributed by atoms with van der Waals surface area (Å²) in [6.07, 6.45) is 2.39. The van der Waals surface area contributed by atoms with Crippen LogP contribution < -0.4 is 11.1 Å². The number of hydrogen-bond donors (Lipinski definition) is 2. The number of benzene rings is 1. The van der Waals surface area contributed by atoms with Gasteiger partial charge in [0.25, 0.3) is 0 Å². The second-order valence-electron chi connectivity index (χ2n) is 4.87. The summed E-state index contributed by atoms with van der Waals surface area (Å²) in [6.45, 7) is 2.38. The Bertz CT molecular complexity index is 471. The quantitative estimate of drug-likeness (QED) is 0.817. The molecule has 0 saturated heterocycles. The van der Waals surface area contributed by atoms with Crippen molar-refractivity contribution >= 4 is 5.91 Å². The lowest BCUT2D eigenvalue weighted by atomic mass is 9.97. The first kappa shape index (κ1) is 14.4. The molecule has 1 aliphatic rings. The zero-order chi connectivity index (χ0) is 14.4. The third kappa shape index (κ3) is 3.99. The highest BCUT2D eigenvalue weighted by Crippen LogP contribution is 2.21. The summed E-state index contributed by atoms with van der Waals surface area (Å²) in [5.41, 5.74) is 6.73. The van der Waals surface area contributed by atoms with E-state index in [4.69, 9.17) is 15.2 Å². The van der Waals surface area contributed by atoms with Crippen LogP contribution in [0.3, 0.4) is 0 Å². The highest BCUT2D eigenvalue weighted by Gasteiger charge is 2.21. The first-order valence-electron chi connectivity index (χ1n) is 6.68. The predicted molar refractivity (Wildman–Crippen MR) is 75.4 cm³/mol. The van der Waals surface area contributed by atoms with Crippen molar-refractivity contribution in [3.63, 3.8) is 0 Å². The van der Waals surface area contributed by atoms with E-state index >= 15 is 0 Å². The number of carbonyl (C=O) groups is 1. The van der Waals surface area contributed by atoms with Crippen LogP contribution in [0.25, 0.3) is 0 Å². The van der Waals surface area contributed by atoms with Crippen molar-refractivity contribution < 1.29 is 14.3 Å². The van der Waals surface area contributed by atoms with E-state index in [1.54, 1.807) is 13.2 Å². The second-order valence-corrected chi connectivity index (χ2v) is 4.87. The molecular weight excluding hydrogens is 256 g/mol. The van der Waals surface area contributed by atoms with Gasteiger partial charge in [0.05, 0.1) is 6.04 Å². The van der Waals surface area contributed by atoms with Crippen LogP contribution in [-0.4, -0.2) is 25.3 Å². The molecule has 0 saturated carbocycles. The number of hydrogen-bond acceptors (Lipinski definition) is 4. The Balaban J connectivity index is 1.99. The summed E-state index contributed by atoms with van der Waals surface area (Å²) in [5, 5.41) is 2.84. The van der Waals surface area contributed by atoms with Gasteiger partial charge in [-0.15, -0.1) is 0 Å². The molecule has 3 N–H and O–H groups in total. The number of nitrogens with two attached hydrogens (primary N) is 1. The summed E-state index contributed by atoms with van der Waals surface area (Å²) < 4.78 is 10.5. The van der Waals surface area contributed by atoms with Crippen molar-refractivity contribution in [3.05, 3.63) is 47.9 Å². The van der Waals surface area contributed by atoms with E-state index < -0.39 is 6.04 Å². The van der Waals surface area contributed by atoms with Crippen molar-refractivity contribution in [2.24, 2.45) is 11.7 Å². The van der Waals surface area contributed by atoms with Gasteiger partial charge in [0.15, 0.2) is 0 Å². The summed E-state index contributed by atoms with van der Waals surface area (Å²) >= 11 is 0. The monoisotopic (exact) mass is 276 g/mol. The smallest absolute Gasteiger partial charge is 0.236 e. The van der Waals surface area contributed by atoms with Crippen LogP contribution in [0.15, 0.2) is 42.4 Å². The van der Waals surface area contributed by atoms with Crippen LogP contribution in [0.2, 0.25) is 0 Å². The summed E-state index contributed by atoms with van der Waals surface area (Å²) in [4.78, 5) is 11.6. The average Bonchev–Trinajstić information content (AvgIpc) is 2.98. The van der Waals surface area contributed by atoms with Gasteiger partial charge in [0.2, 0.25) is 12.7 Å². The Hall–Kier alpha value is -2.01. The third-order valence-corrected chi connectivity index (χ3v) is 3.16. The fraction of sp³-hybridized carbons (Fsp3) is 0.400. The molecule has 1 amide bonds. The third-order valence-electron chi connectivity index (χ3n) is 3.16. The van der Waals surface area contributed by atoms with Gasteiger partial charge in [0.1, 0.15) is 12.0 Å². The maximum Gasteiger partial charge on any atom is 0.236 e. The Kier molecular flexibility index (Phi) is 5.01. The van der Waals surface area contributed by atoms with Crippen molar-refractivity contribution in [1.82, 2.24) is 5.32 Å². The van der Waals surface area contributed by atoms with E-state index in [0.29, 0.717) is 6.54 Å². The van der Waals surface area contributed by atoms with Gasteiger partial charge in [-0.1, -0.05) is 30.3 Å². The molecule has 5 heteroatoms. The molecule has 0 aromatic heterocycles. The van der Waals surface area contributed by atoms with E-state index in [-0.39, 0.29) is 18.6 Å². The summed E-state index contributed by atoms with van der Waals surface area (Å²) in [6, 6.07) is 9.56. The molecule has 1 aromatic rings. The Morgan fingerprint density at radius 2 is 2.15 bits per heavy atom. The maximum absolute atomic E-state index is 11.6. The second kappa shape index (κ2) is 6.96. The van der Waals surface area contributed by atoms with Gasteiger partial charge in [-0.25, -0.2) is 0 Å². The number of carbonyl (C=O) groups excluding carboxylic acids is 1. The molecule has 0 bridgehead atoms.